The molecule has 0 aliphatic heterocycles. The molecule has 2 aromatic carbocycles. The number of nitrogens with two attached hydrogens (primary N) is 1. The smallest absolute Gasteiger partial charge is 0.340 e. The van der Waals surface area contributed by atoms with Crippen LogP contribution >= 0.6 is 11.6 Å². The van der Waals surface area contributed by atoms with Crippen LogP contribution in [-0.2, 0) is 9.53 Å². The molecule has 2 aromatic rings. The second kappa shape index (κ2) is 8.91. The quantitative estimate of drug-likeness (QED) is 0.541. The van der Waals surface area contributed by atoms with Crippen LogP contribution in [0.2, 0.25) is 5.02 Å². The molecule has 0 spiro atoms. The average Bonchev–Trinajstić information content (AvgIpc) is 2.59. The molecule has 0 heterocycles. The number of nitrogens with one attached hydrogen (secondary N) is 1. The van der Waals surface area contributed by atoms with E-state index < -0.39 is 18.5 Å². The summed E-state index contributed by atoms with van der Waals surface area (Å²) in [5.41, 5.74) is 9.03. The highest BCUT2D eigenvalue weighted by Crippen LogP contribution is 2.32. The lowest BCUT2D eigenvalue weighted by Crippen LogP contribution is -2.23. The number of esters is 1. The number of amides is 1. The van der Waals surface area contributed by atoms with Gasteiger partial charge in [0.25, 0.3) is 5.91 Å². The number of hydrogen-bond donors (Lipinski definition) is 2. The zero-order valence-electron chi connectivity index (χ0n) is 16.0. The second-order valence-corrected chi connectivity index (χ2v) is 7.41. The summed E-state index contributed by atoms with van der Waals surface area (Å²) in [5.74, 6) is -0.572. The molecule has 27 heavy (non-hydrogen) atoms. The van der Waals surface area contributed by atoms with Gasteiger partial charge in [-0.25, -0.2) is 4.79 Å². The van der Waals surface area contributed by atoms with Crippen molar-refractivity contribution in [3.63, 3.8) is 0 Å². The Hall–Kier alpha value is -2.53. The molecule has 0 radical (unpaired) electrons. The van der Waals surface area contributed by atoms with E-state index in [0.29, 0.717) is 5.02 Å². The number of para-hydroxylation sites is 1. The van der Waals surface area contributed by atoms with Gasteiger partial charge in [0.1, 0.15) is 0 Å². The number of nitrogen functional groups attached to an aromatic ring is 1. The van der Waals surface area contributed by atoms with E-state index in [1.54, 1.807) is 6.07 Å². The van der Waals surface area contributed by atoms with Crippen molar-refractivity contribution < 1.29 is 14.3 Å². The SMILES string of the molecule is CC(C)c1cccc(C(C)C)c1NC(=O)COC(=O)c1ccc(Cl)cc1N. The van der Waals surface area contributed by atoms with Gasteiger partial charge >= 0.3 is 5.97 Å². The van der Waals surface area contributed by atoms with E-state index in [4.69, 9.17) is 22.1 Å². The lowest BCUT2D eigenvalue weighted by Gasteiger charge is -2.20. The summed E-state index contributed by atoms with van der Waals surface area (Å²) in [6.45, 7) is 7.87. The molecule has 0 aromatic heterocycles. The number of anilines is 2. The van der Waals surface area contributed by atoms with Gasteiger partial charge in [0, 0.05) is 16.4 Å². The highest BCUT2D eigenvalue weighted by atomic mass is 35.5. The van der Waals surface area contributed by atoms with Gasteiger partial charge < -0.3 is 15.8 Å². The fraction of sp³-hybridized carbons (Fsp3) is 0.333. The summed E-state index contributed by atoms with van der Waals surface area (Å²) >= 11 is 5.82. The van der Waals surface area contributed by atoms with E-state index in [2.05, 4.69) is 33.0 Å². The molecule has 0 bridgehead atoms. The standard InChI is InChI=1S/C21H25ClN2O3/c1-12(2)15-6-5-7-16(13(3)4)20(15)24-19(25)11-27-21(26)17-9-8-14(22)10-18(17)23/h5-10,12-13H,11,23H2,1-4H3,(H,24,25). The van der Waals surface area contributed by atoms with E-state index in [1.165, 1.54) is 12.1 Å². The zero-order valence-corrected chi connectivity index (χ0v) is 16.8. The van der Waals surface area contributed by atoms with Crippen molar-refractivity contribution in [2.24, 2.45) is 0 Å². The minimum absolute atomic E-state index is 0.178. The van der Waals surface area contributed by atoms with Gasteiger partial charge in [-0.15, -0.1) is 0 Å². The Balaban J connectivity index is 2.11. The summed E-state index contributed by atoms with van der Waals surface area (Å²) in [6, 6.07) is 10.5. The molecular weight excluding hydrogens is 364 g/mol. The van der Waals surface area contributed by atoms with Crippen LogP contribution in [0.15, 0.2) is 36.4 Å². The van der Waals surface area contributed by atoms with Crippen LogP contribution < -0.4 is 11.1 Å². The summed E-state index contributed by atoms with van der Waals surface area (Å²) in [7, 11) is 0. The van der Waals surface area contributed by atoms with Crippen LogP contribution in [0.4, 0.5) is 11.4 Å². The van der Waals surface area contributed by atoms with Gasteiger partial charge in [0.2, 0.25) is 0 Å². The van der Waals surface area contributed by atoms with E-state index in [-0.39, 0.29) is 23.1 Å². The number of carbonyl (C=O) groups excluding carboxylic acids is 2. The molecule has 0 saturated carbocycles. The summed E-state index contributed by atoms with van der Waals surface area (Å²) in [6.07, 6.45) is 0. The van der Waals surface area contributed by atoms with E-state index >= 15 is 0 Å². The first-order valence-corrected chi connectivity index (χ1v) is 9.23. The second-order valence-electron chi connectivity index (χ2n) is 6.98. The van der Waals surface area contributed by atoms with Gasteiger partial charge in [-0.2, -0.15) is 0 Å². The first-order valence-electron chi connectivity index (χ1n) is 8.85. The van der Waals surface area contributed by atoms with E-state index in [1.807, 2.05) is 18.2 Å². The summed E-state index contributed by atoms with van der Waals surface area (Å²) < 4.78 is 5.11. The van der Waals surface area contributed by atoms with Crippen molar-refractivity contribution in [3.05, 3.63) is 58.1 Å². The molecule has 1 amide bonds. The predicted octanol–water partition coefficient (Wildman–Crippen LogP) is 4.96. The van der Waals surface area contributed by atoms with Gasteiger partial charge in [-0.05, 0) is 41.2 Å². The molecule has 3 N–H and O–H groups in total. The van der Waals surface area contributed by atoms with Gasteiger partial charge in [0.15, 0.2) is 6.61 Å². The molecule has 0 saturated heterocycles. The molecule has 0 aliphatic rings. The van der Waals surface area contributed by atoms with Crippen molar-refractivity contribution in [1.82, 2.24) is 0 Å². The Morgan fingerprint density at radius 3 is 2.19 bits per heavy atom. The number of hydrogen-bond acceptors (Lipinski definition) is 4. The molecule has 0 unspecified atom stereocenters. The van der Waals surface area contributed by atoms with Crippen LogP contribution in [0.3, 0.4) is 0 Å². The third-order valence-corrected chi connectivity index (χ3v) is 4.44. The number of rotatable bonds is 6. The monoisotopic (exact) mass is 388 g/mol. The molecule has 6 heteroatoms. The van der Waals surface area contributed by atoms with Gasteiger partial charge in [-0.1, -0.05) is 57.5 Å². The maximum Gasteiger partial charge on any atom is 0.340 e. The Kier molecular flexibility index (Phi) is 6.86. The number of ether oxygens (including phenoxy) is 1. The Morgan fingerprint density at radius 1 is 1.07 bits per heavy atom. The van der Waals surface area contributed by atoms with Crippen molar-refractivity contribution in [2.75, 3.05) is 17.7 Å². The van der Waals surface area contributed by atoms with Crippen LogP contribution in [0, 0.1) is 0 Å². The largest absolute Gasteiger partial charge is 0.452 e. The first-order chi connectivity index (χ1) is 12.7. The lowest BCUT2D eigenvalue weighted by atomic mass is 9.92. The number of benzene rings is 2. The van der Waals surface area contributed by atoms with Crippen molar-refractivity contribution in [3.8, 4) is 0 Å². The summed E-state index contributed by atoms with van der Waals surface area (Å²) in [4.78, 5) is 24.6. The first kappa shape index (κ1) is 20.8. The third kappa shape index (κ3) is 5.23. The Bertz CT molecular complexity index is 821. The number of halogens is 1. The third-order valence-electron chi connectivity index (χ3n) is 4.21. The average molecular weight is 389 g/mol. The maximum atomic E-state index is 12.4. The van der Waals surface area contributed by atoms with Crippen LogP contribution in [0.1, 0.15) is 61.0 Å². The molecule has 0 aliphatic carbocycles. The fourth-order valence-corrected chi connectivity index (χ4v) is 2.98. The van der Waals surface area contributed by atoms with E-state index in [9.17, 15) is 9.59 Å². The minimum Gasteiger partial charge on any atom is -0.452 e. The normalized spacial score (nSPS) is 10.9. The molecule has 144 valence electrons. The molecular formula is C21H25ClN2O3. The van der Waals surface area contributed by atoms with Crippen molar-refractivity contribution in [1.29, 1.82) is 0 Å². The Labute approximate surface area is 164 Å². The Morgan fingerprint density at radius 2 is 1.67 bits per heavy atom. The topological polar surface area (TPSA) is 81.4 Å². The minimum atomic E-state index is -0.666. The number of carbonyl (C=O) groups is 2. The van der Waals surface area contributed by atoms with Crippen LogP contribution in [-0.4, -0.2) is 18.5 Å². The van der Waals surface area contributed by atoms with Gasteiger partial charge in [-0.3, -0.25) is 4.79 Å². The fourth-order valence-electron chi connectivity index (χ4n) is 2.80. The van der Waals surface area contributed by atoms with Gasteiger partial charge in [0.05, 0.1) is 5.56 Å². The molecule has 0 atom stereocenters. The van der Waals surface area contributed by atoms with Crippen molar-refractivity contribution in [2.45, 2.75) is 39.5 Å². The predicted molar refractivity (Wildman–Crippen MR) is 109 cm³/mol. The highest BCUT2D eigenvalue weighted by molar-refractivity contribution is 6.31. The van der Waals surface area contributed by atoms with Crippen molar-refractivity contribution >= 4 is 34.9 Å². The highest BCUT2D eigenvalue weighted by Gasteiger charge is 2.18. The molecule has 0 fully saturated rings. The maximum absolute atomic E-state index is 12.4. The van der Waals surface area contributed by atoms with Crippen LogP contribution in [0.5, 0.6) is 0 Å². The zero-order chi connectivity index (χ0) is 20.1. The van der Waals surface area contributed by atoms with Crippen LogP contribution in [0.25, 0.3) is 0 Å². The lowest BCUT2D eigenvalue weighted by molar-refractivity contribution is -0.119. The molecule has 2 rings (SSSR count). The summed E-state index contributed by atoms with van der Waals surface area (Å²) in [5, 5.41) is 3.33. The molecule has 5 nitrogen and oxygen atoms in total. The van der Waals surface area contributed by atoms with E-state index in [0.717, 1.165) is 16.8 Å².